The summed E-state index contributed by atoms with van der Waals surface area (Å²) in [4.78, 5) is 25.7. The fourth-order valence-electron chi connectivity index (χ4n) is 2.19. The Labute approximate surface area is 130 Å². The van der Waals surface area contributed by atoms with Crippen molar-refractivity contribution in [1.82, 2.24) is 5.32 Å². The summed E-state index contributed by atoms with van der Waals surface area (Å²) in [6.07, 6.45) is 0. The van der Waals surface area contributed by atoms with E-state index in [1.165, 1.54) is 4.90 Å². The Balaban J connectivity index is 2.48. The maximum atomic E-state index is 12.1. The van der Waals surface area contributed by atoms with Crippen LogP contribution >= 0.6 is 34.2 Å². The number of hydrogen-bond acceptors (Lipinski definition) is 2. The number of nitrogens with one attached hydrogen (secondary N) is 1. The Morgan fingerprint density at radius 2 is 2.11 bits per heavy atom. The monoisotopic (exact) mass is 392 g/mol. The molecule has 0 aromatic heterocycles. The fraction of sp³-hybridized carbons (Fsp3) is 0.385. The van der Waals surface area contributed by atoms with Gasteiger partial charge in [-0.15, -0.1) is 0 Å². The van der Waals surface area contributed by atoms with Crippen LogP contribution < -0.4 is 10.2 Å². The molecule has 1 aliphatic heterocycles. The predicted octanol–water partition coefficient (Wildman–Crippen LogP) is 2.43. The largest absolute Gasteiger partial charge is 0.345 e. The van der Waals surface area contributed by atoms with Crippen LogP contribution in [0.3, 0.4) is 0 Å². The highest BCUT2D eigenvalue weighted by molar-refractivity contribution is 14.1. The average molecular weight is 393 g/mol. The van der Waals surface area contributed by atoms with E-state index in [9.17, 15) is 9.59 Å². The molecule has 1 aromatic rings. The van der Waals surface area contributed by atoms with Gasteiger partial charge in [0.1, 0.15) is 6.04 Å². The zero-order valence-electron chi connectivity index (χ0n) is 10.6. The second kappa shape index (κ2) is 5.66. The summed E-state index contributed by atoms with van der Waals surface area (Å²) >= 11 is 8.37. The van der Waals surface area contributed by atoms with Crippen LogP contribution in [0.15, 0.2) is 18.2 Å². The molecule has 4 nitrogen and oxygen atoms in total. The van der Waals surface area contributed by atoms with Gasteiger partial charge in [-0.3, -0.25) is 14.5 Å². The summed E-state index contributed by atoms with van der Waals surface area (Å²) in [5.41, 5.74) is 0.598. The standard InChI is InChI=1S/C13H14ClIN2O2/c1-7(2)12-13(19)16-6-11(18)17(12)10-4-3-8(15)5-9(10)14/h3-5,7,12H,6H2,1-2H3,(H,16,19). The second-order valence-corrected chi connectivity index (χ2v) is 6.42. The molecule has 0 saturated carbocycles. The van der Waals surface area contributed by atoms with Crippen molar-refractivity contribution in [3.8, 4) is 0 Å². The average Bonchev–Trinajstić information content (AvgIpc) is 2.32. The fourth-order valence-corrected chi connectivity index (χ4v) is 3.13. The predicted molar refractivity (Wildman–Crippen MR) is 83.3 cm³/mol. The molecule has 6 heteroatoms. The number of hydrogen-bond donors (Lipinski definition) is 1. The van der Waals surface area contributed by atoms with Gasteiger partial charge in [0.25, 0.3) is 0 Å². The molecule has 1 atom stereocenters. The van der Waals surface area contributed by atoms with Crippen molar-refractivity contribution in [3.05, 3.63) is 26.8 Å². The van der Waals surface area contributed by atoms with Gasteiger partial charge in [0.15, 0.2) is 0 Å². The number of benzene rings is 1. The Hall–Kier alpha value is -0.820. The van der Waals surface area contributed by atoms with E-state index in [1.807, 2.05) is 19.9 Å². The molecule has 102 valence electrons. The van der Waals surface area contributed by atoms with Crippen molar-refractivity contribution >= 4 is 51.7 Å². The lowest BCUT2D eigenvalue weighted by Gasteiger charge is -2.37. The third-order valence-electron chi connectivity index (χ3n) is 3.03. The van der Waals surface area contributed by atoms with Crippen molar-refractivity contribution < 1.29 is 9.59 Å². The number of nitrogens with zero attached hydrogens (tertiary/aromatic N) is 1. The number of rotatable bonds is 2. The first-order chi connectivity index (χ1) is 8.91. The molecule has 1 aromatic carbocycles. The van der Waals surface area contributed by atoms with E-state index in [1.54, 1.807) is 12.1 Å². The van der Waals surface area contributed by atoms with Crippen LogP contribution in [-0.2, 0) is 9.59 Å². The van der Waals surface area contributed by atoms with E-state index in [2.05, 4.69) is 27.9 Å². The Morgan fingerprint density at radius 3 is 2.68 bits per heavy atom. The Morgan fingerprint density at radius 1 is 1.42 bits per heavy atom. The molecule has 0 aliphatic carbocycles. The van der Waals surface area contributed by atoms with Crippen LogP contribution in [0.2, 0.25) is 5.02 Å². The maximum Gasteiger partial charge on any atom is 0.247 e. The van der Waals surface area contributed by atoms with Crippen molar-refractivity contribution in [2.24, 2.45) is 5.92 Å². The van der Waals surface area contributed by atoms with E-state index in [0.29, 0.717) is 10.7 Å². The van der Waals surface area contributed by atoms with Crippen molar-refractivity contribution in [2.75, 3.05) is 11.4 Å². The van der Waals surface area contributed by atoms with Crippen LogP contribution in [-0.4, -0.2) is 24.4 Å². The van der Waals surface area contributed by atoms with Gasteiger partial charge in [0.05, 0.1) is 17.3 Å². The third kappa shape index (κ3) is 2.86. The number of piperazine rings is 1. The maximum absolute atomic E-state index is 12.1. The quantitative estimate of drug-likeness (QED) is 0.786. The molecule has 1 heterocycles. The summed E-state index contributed by atoms with van der Waals surface area (Å²) in [7, 11) is 0. The van der Waals surface area contributed by atoms with Crippen molar-refractivity contribution in [3.63, 3.8) is 0 Å². The van der Waals surface area contributed by atoms with Crippen LogP contribution in [0.5, 0.6) is 0 Å². The minimum Gasteiger partial charge on any atom is -0.345 e. The number of halogens is 2. The zero-order chi connectivity index (χ0) is 14.2. The lowest BCUT2D eigenvalue weighted by molar-refractivity contribution is -0.131. The highest BCUT2D eigenvalue weighted by Gasteiger charge is 2.38. The van der Waals surface area contributed by atoms with Gasteiger partial charge in [-0.1, -0.05) is 25.4 Å². The van der Waals surface area contributed by atoms with Gasteiger partial charge < -0.3 is 5.32 Å². The first-order valence-electron chi connectivity index (χ1n) is 5.96. The number of carbonyl (C=O) groups excluding carboxylic acids is 2. The minimum atomic E-state index is -0.515. The van der Waals surface area contributed by atoms with Gasteiger partial charge in [0.2, 0.25) is 11.8 Å². The molecule has 1 fully saturated rings. The topological polar surface area (TPSA) is 49.4 Å². The lowest BCUT2D eigenvalue weighted by atomic mass is 9.98. The summed E-state index contributed by atoms with van der Waals surface area (Å²) in [6, 6.07) is 4.93. The molecule has 0 spiro atoms. The first-order valence-corrected chi connectivity index (χ1v) is 7.42. The van der Waals surface area contributed by atoms with Gasteiger partial charge in [0, 0.05) is 3.57 Å². The molecule has 2 rings (SSSR count). The summed E-state index contributed by atoms with van der Waals surface area (Å²) < 4.78 is 0.987. The Kier molecular flexibility index (Phi) is 4.35. The molecular weight excluding hydrogens is 379 g/mol. The molecule has 1 N–H and O–H groups in total. The van der Waals surface area contributed by atoms with Gasteiger partial charge in [-0.05, 0) is 46.7 Å². The number of amides is 2. The van der Waals surface area contributed by atoms with Crippen LogP contribution in [0.4, 0.5) is 5.69 Å². The van der Waals surface area contributed by atoms with E-state index in [4.69, 9.17) is 11.6 Å². The van der Waals surface area contributed by atoms with E-state index < -0.39 is 6.04 Å². The lowest BCUT2D eigenvalue weighted by Crippen LogP contribution is -2.60. The highest BCUT2D eigenvalue weighted by Crippen LogP contribution is 2.31. The molecule has 1 unspecified atom stereocenters. The second-order valence-electron chi connectivity index (χ2n) is 4.77. The zero-order valence-corrected chi connectivity index (χ0v) is 13.5. The minimum absolute atomic E-state index is 0.0135. The third-order valence-corrected chi connectivity index (χ3v) is 4.00. The summed E-state index contributed by atoms with van der Waals surface area (Å²) in [5, 5.41) is 3.11. The summed E-state index contributed by atoms with van der Waals surface area (Å²) in [6.45, 7) is 3.84. The molecule has 0 radical (unpaired) electrons. The van der Waals surface area contributed by atoms with E-state index in [-0.39, 0.29) is 24.3 Å². The van der Waals surface area contributed by atoms with Crippen molar-refractivity contribution in [2.45, 2.75) is 19.9 Å². The SMILES string of the molecule is CC(C)C1C(=O)NCC(=O)N1c1ccc(I)cc1Cl. The van der Waals surface area contributed by atoms with E-state index in [0.717, 1.165) is 3.57 Å². The van der Waals surface area contributed by atoms with Gasteiger partial charge in [-0.25, -0.2) is 0 Å². The van der Waals surface area contributed by atoms with Gasteiger partial charge in [-0.2, -0.15) is 0 Å². The molecule has 0 bridgehead atoms. The highest BCUT2D eigenvalue weighted by atomic mass is 127. The molecule has 1 saturated heterocycles. The van der Waals surface area contributed by atoms with Gasteiger partial charge >= 0.3 is 0 Å². The molecule has 1 aliphatic rings. The van der Waals surface area contributed by atoms with E-state index >= 15 is 0 Å². The number of anilines is 1. The van der Waals surface area contributed by atoms with Crippen LogP contribution in [0.1, 0.15) is 13.8 Å². The van der Waals surface area contributed by atoms with Crippen molar-refractivity contribution in [1.29, 1.82) is 0 Å². The molecular formula is C13H14ClIN2O2. The number of carbonyl (C=O) groups is 2. The first kappa shape index (κ1) is 14.6. The van der Waals surface area contributed by atoms with Crippen LogP contribution in [0.25, 0.3) is 0 Å². The van der Waals surface area contributed by atoms with Crippen LogP contribution in [0, 0.1) is 9.49 Å². The Bertz CT molecular complexity index is 533. The molecule has 19 heavy (non-hydrogen) atoms. The molecule has 2 amide bonds. The summed E-state index contributed by atoms with van der Waals surface area (Å²) in [5.74, 6) is -0.259. The normalized spacial score (nSPS) is 19.8. The smallest absolute Gasteiger partial charge is 0.247 e.